The SMILES string of the molecule is C/C=C\c1cncnc1N.[HH]. The molecule has 0 saturated carbocycles. The van der Waals surface area contributed by atoms with E-state index in [0.717, 1.165) is 5.56 Å². The predicted octanol–water partition coefficient (Wildman–Crippen LogP) is 1.34. The average Bonchev–Trinajstić information content (AvgIpc) is 1.94. The maximum absolute atomic E-state index is 5.50. The van der Waals surface area contributed by atoms with E-state index in [4.69, 9.17) is 5.73 Å². The molecule has 10 heavy (non-hydrogen) atoms. The van der Waals surface area contributed by atoms with Crippen molar-refractivity contribution in [1.82, 2.24) is 9.97 Å². The van der Waals surface area contributed by atoms with Gasteiger partial charge in [-0.25, -0.2) is 9.97 Å². The summed E-state index contributed by atoms with van der Waals surface area (Å²) >= 11 is 0. The summed E-state index contributed by atoms with van der Waals surface area (Å²) in [6.07, 6.45) is 6.88. The number of aromatic nitrogens is 2. The maximum Gasteiger partial charge on any atom is 0.134 e. The van der Waals surface area contributed by atoms with E-state index in [9.17, 15) is 0 Å². The zero-order valence-corrected chi connectivity index (χ0v) is 5.78. The number of nitrogens with zero attached hydrogens (tertiary/aromatic N) is 2. The fourth-order valence-corrected chi connectivity index (χ4v) is 0.658. The van der Waals surface area contributed by atoms with E-state index in [2.05, 4.69) is 9.97 Å². The van der Waals surface area contributed by atoms with Gasteiger partial charge in [-0.1, -0.05) is 12.2 Å². The number of rotatable bonds is 1. The zero-order valence-electron chi connectivity index (χ0n) is 5.78. The molecule has 0 aliphatic carbocycles. The van der Waals surface area contributed by atoms with Gasteiger partial charge in [-0.15, -0.1) is 0 Å². The summed E-state index contributed by atoms with van der Waals surface area (Å²) in [5.41, 5.74) is 6.37. The lowest BCUT2D eigenvalue weighted by atomic mass is 10.3. The van der Waals surface area contributed by atoms with Crippen LogP contribution in [0.4, 0.5) is 5.82 Å². The minimum Gasteiger partial charge on any atom is -0.383 e. The minimum absolute atomic E-state index is 0. The highest BCUT2D eigenvalue weighted by Crippen LogP contribution is 2.05. The Balaban J connectivity index is 0.000001000. The summed E-state index contributed by atoms with van der Waals surface area (Å²) in [5, 5.41) is 0. The van der Waals surface area contributed by atoms with Gasteiger partial charge in [-0.3, -0.25) is 0 Å². The molecule has 0 spiro atoms. The number of anilines is 1. The van der Waals surface area contributed by atoms with Gasteiger partial charge >= 0.3 is 0 Å². The van der Waals surface area contributed by atoms with E-state index < -0.39 is 0 Å². The molecule has 3 heteroatoms. The normalized spacial score (nSPS) is 10.5. The Hall–Kier alpha value is -1.38. The smallest absolute Gasteiger partial charge is 0.134 e. The Bertz CT molecular complexity index is 247. The first kappa shape index (κ1) is 6.74. The third-order valence-corrected chi connectivity index (χ3v) is 1.12. The lowest BCUT2D eigenvalue weighted by Gasteiger charge is -1.94. The highest BCUT2D eigenvalue weighted by Gasteiger charge is 1.91. The van der Waals surface area contributed by atoms with Crippen molar-refractivity contribution < 1.29 is 1.43 Å². The quantitative estimate of drug-likeness (QED) is 0.635. The molecule has 0 aromatic carbocycles. The molecule has 2 N–H and O–H groups in total. The van der Waals surface area contributed by atoms with Crippen LogP contribution in [0, 0.1) is 0 Å². The number of hydrogen-bond acceptors (Lipinski definition) is 3. The number of allylic oxidation sites excluding steroid dienone is 1. The van der Waals surface area contributed by atoms with Gasteiger partial charge in [0.15, 0.2) is 0 Å². The maximum atomic E-state index is 5.50. The highest BCUT2D eigenvalue weighted by molar-refractivity contribution is 5.58. The second-order valence-electron chi connectivity index (χ2n) is 1.86. The highest BCUT2D eigenvalue weighted by atomic mass is 14.9. The number of hydrogen-bond donors (Lipinski definition) is 1. The Labute approximate surface area is 61.1 Å². The van der Waals surface area contributed by atoms with Crippen molar-refractivity contribution in [2.45, 2.75) is 6.92 Å². The first-order chi connectivity index (χ1) is 4.84. The van der Waals surface area contributed by atoms with Crippen LogP contribution in [0.2, 0.25) is 0 Å². The molecule has 0 radical (unpaired) electrons. The molecule has 0 fully saturated rings. The van der Waals surface area contributed by atoms with Gasteiger partial charge in [0.1, 0.15) is 12.1 Å². The topological polar surface area (TPSA) is 51.8 Å². The van der Waals surface area contributed by atoms with Crippen LogP contribution < -0.4 is 5.73 Å². The van der Waals surface area contributed by atoms with Gasteiger partial charge in [0.25, 0.3) is 0 Å². The molecule has 0 atom stereocenters. The summed E-state index contributed by atoms with van der Waals surface area (Å²) in [5.74, 6) is 0.521. The molecular weight excluding hydrogens is 126 g/mol. The molecule has 1 rings (SSSR count). The first-order valence-electron chi connectivity index (χ1n) is 3.02. The van der Waals surface area contributed by atoms with Gasteiger partial charge in [0.2, 0.25) is 0 Å². The molecule has 1 heterocycles. The molecule has 54 valence electrons. The molecule has 1 aromatic rings. The number of nitrogen functional groups attached to an aromatic ring is 1. The fraction of sp³-hybridized carbons (Fsp3) is 0.143. The van der Waals surface area contributed by atoms with Gasteiger partial charge in [-0.2, -0.15) is 0 Å². The molecule has 0 amide bonds. The van der Waals surface area contributed by atoms with Gasteiger partial charge in [0.05, 0.1) is 0 Å². The van der Waals surface area contributed by atoms with E-state index >= 15 is 0 Å². The lowest BCUT2D eigenvalue weighted by Crippen LogP contribution is -1.93. The third-order valence-electron chi connectivity index (χ3n) is 1.12. The molecule has 0 unspecified atom stereocenters. The Morgan fingerprint density at radius 2 is 2.50 bits per heavy atom. The van der Waals surface area contributed by atoms with Crippen molar-refractivity contribution in [3.8, 4) is 0 Å². The Morgan fingerprint density at radius 1 is 1.70 bits per heavy atom. The standard InChI is InChI=1S/C7H9N3.H2/c1-2-3-6-4-9-5-10-7(6)8;/h2-5H,1H3,(H2,8,9,10);1H/b3-2-;. The van der Waals surface area contributed by atoms with Gasteiger partial charge in [-0.05, 0) is 6.92 Å². The van der Waals surface area contributed by atoms with E-state index in [-0.39, 0.29) is 1.43 Å². The van der Waals surface area contributed by atoms with E-state index in [1.165, 1.54) is 6.33 Å². The van der Waals surface area contributed by atoms with Crippen LogP contribution in [0.25, 0.3) is 6.08 Å². The van der Waals surface area contributed by atoms with Crippen molar-refractivity contribution >= 4 is 11.9 Å². The predicted molar refractivity (Wildman–Crippen MR) is 43.3 cm³/mol. The van der Waals surface area contributed by atoms with Crippen molar-refractivity contribution in [2.75, 3.05) is 5.73 Å². The van der Waals surface area contributed by atoms with Gasteiger partial charge < -0.3 is 5.73 Å². The first-order valence-corrected chi connectivity index (χ1v) is 3.02. The van der Waals surface area contributed by atoms with Crippen LogP contribution >= 0.6 is 0 Å². The average molecular weight is 137 g/mol. The van der Waals surface area contributed by atoms with Crippen molar-refractivity contribution in [3.05, 3.63) is 24.2 Å². The minimum atomic E-state index is 0. The second kappa shape index (κ2) is 2.96. The zero-order chi connectivity index (χ0) is 7.40. The third kappa shape index (κ3) is 1.31. The summed E-state index contributed by atoms with van der Waals surface area (Å²) in [6.45, 7) is 1.92. The molecule has 0 bridgehead atoms. The Kier molecular flexibility index (Phi) is 1.99. The molecule has 0 aliphatic heterocycles. The summed E-state index contributed by atoms with van der Waals surface area (Å²) in [6, 6.07) is 0. The van der Waals surface area contributed by atoms with Crippen LogP contribution in [0.3, 0.4) is 0 Å². The summed E-state index contributed by atoms with van der Waals surface area (Å²) in [4.78, 5) is 7.63. The van der Waals surface area contributed by atoms with Crippen LogP contribution in [-0.2, 0) is 0 Å². The Morgan fingerprint density at radius 3 is 3.10 bits per heavy atom. The monoisotopic (exact) mass is 137 g/mol. The molecular formula is C7H11N3. The largest absolute Gasteiger partial charge is 0.383 e. The molecule has 0 aliphatic rings. The van der Waals surface area contributed by atoms with Crippen LogP contribution in [0.15, 0.2) is 18.6 Å². The van der Waals surface area contributed by atoms with Crippen molar-refractivity contribution in [2.24, 2.45) is 0 Å². The lowest BCUT2D eigenvalue weighted by molar-refractivity contribution is 1.17. The number of nitrogens with two attached hydrogens (primary N) is 1. The molecule has 3 nitrogen and oxygen atoms in total. The molecule has 0 saturated heterocycles. The van der Waals surface area contributed by atoms with E-state index in [1.807, 2.05) is 19.1 Å². The fourth-order valence-electron chi connectivity index (χ4n) is 0.658. The summed E-state index contributed by atoms with van der Waals surface area (Å²) < 4.78 is 0. The van der Waals surface area contributed by atoms with Crippen LogP contribution in [-0.4, -0.2) is 9.97 Å². The van der Waals surface area contributed by atoms with Crippen LogP contribution in [0.5, 0.6) is 0 Å². The second-order valence-corrected chi connectivity index (χ2v) is 1.86. The summed E-state index contributed by atoms with van der Waals surface area (Å²) in [7, 11) is 0. The van der Waals surface area contributed by atoms with E-state index in [0.29, 0.717) is 5.82 Å². The van der Waals surface area contributed by atoms with Crippen LogP contribution in [0.1, 0.15) is 13.9 Å². The van der Waals surface area contributed by atoms with Crippen molar-refractivity contribution in [1.29, 1.82) is 0 Å². The van der Waals surface area contributed by atoms with Gasteiger partial charge in [0, 0.05) is 13.2 Å². The van der Waals surface area contributed by atoms with Crippen molar-refractivity contribution in [3.63, 3.8) is 0 Å². The molecule has 1 aromatic heterocycles. The van der Waals surface area contributed by atoms with E-state index in [1.54, 1.807) is 6.20 Å².